The summed E-state index contributed by atoms with van der Waals surface area (Å²) in [5, 5.41) is 10.8. The van der Waals surface area contributed by atoms with Gasteiger partial charge in [0.2, 0.25) is 0 Å². The van der Waals surface area contributed by atoms with Crippen molar-refractivity contribution in [3.63, 3.8) is 0 Å². The highest BCUT2D eigenvalue weighted by atomic mass is 16.6. The van der Waals surface area contributed by atoms with E-state index in [-0.39, 0.29) is 11.7 Å². The summed E-state index contributed by atoms with van der Waals surface area (Å²) in [4.78, 5) is 12.5. The largest absolute Gasteiger partial charge is 0.398 e. The first-order valence-electron chi connectivity index (χ1n) is 6.25. The molecular formula is C13H21N3O3. The number of rotatable bonds is 7. The van der Waals surface area contributed by atoms with Crippen molar-refractivity contribution in [2.45, 2.75) is 26.4 Å². The smallest absolute Gasteiger partial charge is 0.269 e. The topological polar surface area (TPSA) is 81.6 Å². The van der Waals surface area contributed by atoms with Crippen molar-refractivity contribution < 1.29 is 9.66 Å². The van der Waals surface area contributed by atoms with Crippen LogP contribution in [0, 0.1) is 10.1 Å². The van der Waals surface area contributed by atoms with Crippen molar-refractivity contribution in [3.05, 3.63) is 33.9 Å². The molecule has 0 aliphatic rings. The van der Waals surface area contributed by atoms with Gasteiger partial charge in [0.1, 0.15) is 0 Å². The molecule has 1 aromatic carbocycles. The number of nitrogen functional groups attached to an aromatic ring is 1. The molecule has 1 aromatic rings. The Kier molecular flexibility index (Phi) is 5.72. The van der Waals surface area contributed by atoms with Crippen LogP contribution in [0.2, 0.25) is 0 Å². The number of likely N-dealkylation sites (N-methyl/N-ethyl adjacent to an activating group) is 1. The maximum atomic E-state index is 10.8. The summed E-state index contributed by atoms with van der Waals surface area (Å²) in [6.07, 6.45) is 0. The Morgan fingerprint density at radius 3 is 2.74 bits per heavy atom. The Balaban J connectivity index is 2.89. The number of nitro groups is 1. The molecule has 0 saturated carbocycles. The van der Waals surface area contributed by atoms with E-state index in [9.17, 15) is 10.1 Å². The Labute approximate surface area is 113 Å². The van der Waals surface area contributed by atoms with Crippen molar-refractivity contribution in [3.8, 4) is 0 Å². The molecule has 1 atom stereocenters. The second kappa shape index (κ2) is 7.06. The molecule has 0 heterocycles. The molecule has 2 N–H and O–H groups in total. The van der Waals surface area contributed by atoms with Gasteiger partial charge < -0.3 is 10.5 Å². The minimum Gasteiger partial charge on any atom is -0.398 e. The zero-order valence-corrected chi connectivity index (χ0v) is 11.6. The number of nitro benzene ring substituents is 1. The fraction of sp³-hybridized carbons (Fsp3) is 0.538. The number of methoxy groups -OCH3 is 1. The van der Waals surface area contributed by atoms with Crippen LogP contribution in [0.4, 0.5) is 11.4 Å². The summed E-state index contributed by atoms with van der Waals surface area (Å²) in [6, 6.07) is 4.78. The fourth-order valence-corrected chi connectivity index (χ4v) is 1.99. The van der Waals surface area contributed by atoms with Crippen molar-refractivity contribution >= 4 is 11.4 Å². The molecule has 0 amide bonds. The lowest BCUT2D eigenvalue weighted by molar-refractivity contribution is -0.384. The number of hydrogen-bond acceptors (Lipinski definition) is 5. The highest BCUT2D eigenvalue weighted by molar-refractivity contribution is 5.52. The van der Waals surface area contributed by atoms with Crippen molar-refractivity contribution in [2.75, 3.05) is 26.0 Å². The van der Waals surface area contributed by atoms with Crippen LogP contribution in [0.5, 0.6) is 0 Å². The van der Waals surface area contributed by atoms with Crippen LogP contribution < -0.4 is 5.73 Å². The van der Waals surface area contributed by atoms with E-state index in [2.05, 4.69) is 11.8 Å². The van der Waals surface area contributed by atoms with Gasteiger partial charge in [0, 0.05) is 37.5 Å². The molecule has 0 aliphatic heterocycles. The van der Waals surface area contributed by atoms with Gasteiger partial charge in [-0.3, -0.25) is 15.0 Å². The third kappa shape index (κ3) is 4.18. The number of ether oxygens (including phenoxy) is 1. The summed E-state index contributed by atoms with van der Waals surface area (Å²) in [6.45, 7) is 6.12. The minimum absolute atomic E-state index is 0.0691. The second-order valence-corrected chi connectivity index (χ2v) is 4.51. The van der Waals surface area contributed by atoms with Crippen LogP contribution in [-0.4, -0.2) is 36.1 Å². The van der Waals surface area contributed by atoms with E-state index in [0.717, 1.165) is 12.1 Å². The maximum Gasteiger partial charge on any atom is 0.269 e. The summed E-state index contributed by atoms with van der Waals surface area (Å²) in [5.74, 6) is 0. The second-order valence-electron chi connectivity index (χ2n) is 4.51. The van der Waals surface area contributed by atoms with Crippen LogP contribution in [0.25, 0.3) is 0 Å². The Morgan fingerprint density at radius 2 is 2.21 bits per heavy atom. The van der Waals surface area contributed by atoms with Gasteiger partial charge in [-0.15, -0.1) is 0 Å². The van der Waals surface area contributed by atoms with E-state index < -0.39 is 4.92 Å². The van der Waals surface area contributed by atoms with E-state index in [1.54, 1.807) is 13.2 Å². The molecule has 6 heteroatoms. The molecule has 6 nitrogen and oxygen atoms in total. The summed E-state index contributed by atoms with van der Waals surface area (Å²) in [7, 11) is 1.66. The average molecular weight is 267 g/mol. The van der Waals surface area contributed by atoms with Gasteiger partial charge in [0.15, 0.2) is 0 Å². The van der Waals surface area contributed by atoms with Crippen LogP contribution in [0.15, 0.2) is 18.2 Å². The quantitative estimate of drug-likeness (QED) is 0.464. The standard InChI is InChI=1S/C13H21N3O3/c1-4-15(10(2)9-19-3)8-11-7-12(16(17)18)5-6-13(11)14/h5-7,10H,4,8-9,14H2,1-3H3. The zero-order valence-electron chi connectivity index (χ0n) is 11.6. The highest BCUT2D eigenvalue weighted by Gasteiger charge is 2.16. The molecule has 0 spiro atoms. The van der Waals surface area contributed by atoms with E-state index in [0.29, 0.717) is 18.8 Å². The van der Waals surface area contributed by atoms with E-state index in [1.165, 1.54) is 12.1 Å². The first-order chi connectivity index (χ1) is 8.99. The lowest BCUT2D eigenvalue weighted by Crippen LogP contribution is -2.35. The molecule has 1 unspecified atom stereocenters. The van der Waals surface area contributed by atoms with Crippen molar-refractivity contribution in [1.29, 1.82) is 0 Å². The number of nitrogens with two attached hydrogens (primary N) is 1. The Morgan fingerprint density at radius 1 is 1.53 bits per heavy atom. The molecule has 19 heavy (non-hydrogen) atoms. The average Bonchev–Trinajstić information content (AvgIpc) is 2.37. The van der Waals surface area contributed by atoms with E-state index in [4.69, 9.17) is 10.5 Å². The SMILES string of the molecule is CCN(Cc1cc([N+](=O)[O-])ccc1N)C(C)COC. The Hall–Kier alpha value is -1.66. The number of nitrogens with zero attached hydrogens (tertiary/aromatic N) is 2. The van der Waals surface area contributed by atoms with Gasteiger partial charge in [-0.25, -0.2) is 0 Å². The molecule has 0 fully saturated rings. The normalized spacial score (nSPS) is 12.6. The predicted molar refractivity (Wildman–Crippen MR) is 74.9 cm³/mol. The fourth-order valence-electron chi connectivity index (χ4n) is 1.99. The number of hydrogen-bond donors (Lipinski definition) is 1. The van der Waals surface area contributed by atoms with Gasteiger partial charge in [-0.2, -0.15) is 0 Å². The summed E-state index contributed by atoms with van der Waals surface area (Å²) in [5.41, 5.74) is 7.31. The molecule has 0 aliphatic carbocycles. The number of non-ortho nitro benzene ring substituents is 1. The van der Waals surface area contributed by atoms with E-state index in [1.807, 2.05) is 6.92 Å². The molecule has 0 saturated heterocycles. The molecule has 0 aromatic heterocycles. The monoisotopic (exact) mass is 267 g/mol. The molecular weight excluding hydrogens is 246 g/mol. The molecule has 1 rings (SSSR count). The summed E-state index contributed by atoms with van der Waals surface area (Å²) >= 11 is 0. The Bertz CT molecular complexity index is 437. The third-order valence-electron chi connectivity index (χ3n) is 3.15. The van der Waals surface area contributed by atoms with Crippen LogP contribution in [0.3, 0.4) is 0 Å². The first-order valence-corrected chi connectivity index (χ1v) is 6.25. The van der Waals surface area contributed by atoms with E-state index >= 15 is 0 Å². The lowest BCUT2D eigenvalue weighted by atomic mass is 10.1. The molecule has 0 bridgehead atoms. The van der Waals surface area contributed by atoms with Gasteiger partial charge in [-0.05, 0) is 25.1 Å². The van der Waals surface area contributed by atoms with Crippen molar-refractivity contribution in [1.82, 2.24) is 4.90 Å². The van der Waals surface area contributed by atoms with Gasteiger partial charge in [0.25, 0.3) is 5.69 Å². The third-order valence-corrected chi connectivity index (χ3v) is 3.15. The number of benzene rings is 1. The van der Waals surface area contributed by atoms with Gasteiger partial charge >= 0.3 is 0 Å². The molecule has 106 valence electrons. The number of anilines is 1. The first kappa shape index (κ1) is 15.4. The van der Waals surface area contributed by atoms with Crippen LogP contribution >= 0.6 is 0 Å². The predicted octanol–water partition coefficient (Wildman–Crippen LogP) is 2.03. The van der Waals surface area contributed by atoms with Crippen LogP contribution in [-0.2, 0) is 11.3 Å². The highest BCUT2D eigenvalue weighted by Crippen LogP contribution is 2.21. The van der Waals surface area contributed by atoms with Crippen LogP contribution in [0.1, 0.15) is 19.4 Å². The maximum absolute atomic E-state index is 10.8. The van der Waals surface area contributed by atoms with Gasteiger partial charge in [-0.1, -0.05) is 6.92 Å². The van der Waals surface area contributed by atoms with Crippen molar-refractivity contribution in [2.24, 2.45) is 0 Å². The minimum atomic E-state index is -0.405. The van der Waals surface area contributed by atoms with Gasteiger partial charge in [0.05, 0.1) is 11.5 Å². The molecule has 0 radical (unpaired) electrons. The summed E-state index contributed by atoms with van der Waals surface area (Å²) < 4.78 is 5.14. The lowest BCUT2D eigenvalue weighted by Gasteiger charge is -2.27. The zero-order chi connectivity index (χ0) is 14.4.